The van der Waals surface area contributed by atoms with E-state index in [1.165, 1.54) is 12.1 Å². The first-order valence-electron chi connectivity index (χ1n) is 14.5. The summed E-state index contributed by atoms with van der Waals surface area (Å²) >= 11 is 0. The first-order valence-corrected chi connectivity index (χ1v) is 15.9. The molecule has 0 radical (unpaired) electrons. The SMILES string of the molecule is COC(=O)C1(C(=O)OC)Cc2cc(C(=O)OCc3ccccc3)c(C(=O)OCc3ccccc3)cc2C([P+](=O)c2ccccc2)C1. The standard InChI is InChI=1S/C36H32O9P/c1-42-34(39)36(35(40)43-2)20-26-18-29(32(37)44-22-24-12-6-3-7-13-24)30(33(38)45-23-25-14-8-4-9-15-25)19-28(26)31(21-36)46(41)27-16-10-5-11-17-27/h3-19,31H,20-23H2,1-2H3/q+1. The van der Waals surface area contributed by atoms with Gasteiger partial charge < -0.3 is 18.9 Å². The number of ether oxygens (including phenoxy) is 4. The Hall–Kier alpha value is -5.14. The summed E-state index contributed by atoms with van der Waals surface area (Å²) in [7, 11) is 0.0494. The Balaban J connectivity index is 1.63. The maximum Gasteiger partial charge on any atom is 0.384 e. The van der Waals surface area contributed by atoms with E-state index in [1.807, 2.05) is 36.4 Å². The Morgan fingerprint density at radius 1 is 0.696 bits per heavy atom. The molecular weight excluding hydrogens is 607 g/mol. The molecule has 9 nitrogen and oxygen atoms in total. The van der Waals surface area contributed by atoms with Gasteiger partial charge in [0.2, 0.25) is 0 Å². The normalized spacial score (nSPS) is 15.1. The second-order valence-corrected chi connectivity index (χ2v) is 12.6. The van der Waals surface area contributed by atoms with Crippen molar-refractivity contribution in [3.63, 3.8) is 0 Å². The number of hydrogen-bond donors (Lipinski definition) is 0. The highest BCUT2D eigenvalue weighted by atomic mass is 31.1. The Kier molecular flexibility index (Phi) is 10.0. The predicted octanol–water partition coefficient (Wildman–Crippen LogP) is 5.87. The van der Waals surface area contributed by atoms with Crippen molar-refractivity contribution < 1.29 is 42.7 Å². The molecule has 1 aliphatic carbocycles. The topological polar surface area (TPSA) is 122 Å². The number of methoxy groups -OCH3 is 2. The van der Waals surface area contributed by atoms with Crippen LogP contribution in [0.3, 0.4) is 0 Å². The number of carbonyl (C=O) groups excluding carboxylic acids is 4. The fraction of sp³-hybridized carbons (Fsp3) is 0.222. The van der Waals surface area contributed by atoms with Crippen molar-refractivity contribution in [3.8, 4) is 0 Å². The van der Waals surface area contributed by atoms with Gasteiger partial charge in [0.25, 0.3) is 0 Å². The van der Waals surface area contributed by atoms with E-state index in [0.717, 1.165) is 25.3 Å². The largest absolute Gasteiger partial charge is 0.468 e. The van der Waals surface area contributed by atoms with Crippen molar-refractivity contribution in [2.45, 2.75) is 31.7 Å². The molecule has 0 fully saturated rings. The molecule has 4 aromatic rings. The van der Waals surface area contributed by atoms with E-state index in [2.05, 4.69) is 0 Å². The monoisotopic (exact) mass is 639 g/mol. The molecule has 0 amide bonds. The minimum absolute atomic E-state index is 0.0508. The van der Waals surface area contributed by atoms with Crippen LogP contribution in [0.5, 0.6) is 0 Å². The van der Waals surface area contributed by atoms with Crippen LogP contribution in [0.1, 0.15) is 55.0 Å². The minimum atomic E-state index is -2.27. The fourth-order valence-corrected chi connectivity index (χ4v) is 7.45. The van der Waals surface area contributed by atoms with Gasteiger partial charge in [-0.1, -0.05) is 83.4 Å². The number of fused-ring (bicyclic) bond motifs is 1. The third-order valence-corrected chi connectivity index (χ3v) is 9.82. The molecule has 10 heteroatoms. The van der Waals surface area contributed by atoms with E-state index in [1.54, 1.807) is 54.6 Å². The second kappa shape index (κ2) is 14.3. The van der Waals surface area contributed by atoms with Crippen molar-refractivity contribution >= 4 is 37.0 Å². The molecule has 234 valence electrons. The molecule has 0 bridgehead atoms. The van der Waals surface area contributed by atoms with Gasteiger partial charge in [0.1, 0.15) is 13.2 Å². The zero-order valence-corrected chi connectivity index (χ0v) is 26.2. The number of benzene rings is 4. The average Bonchev–Trinajstić information content (AvgIpc) is 3.11. The first-order chi connectivity index (χ1) is 22.3. The second-order valence-electron chi connectivity index (χ2n) is 10.8. The van der Waals surface area contributed by atoms with Gasteiger partial charge in [0, 0.05) is 12.0 Å². The van der Waals surface area contributed by atoms with Crippen LogP contribution in [0.15, 0.2) is 103 Å². The third kappa shape index (κ3) is 6.75. The Bertz CT molecular complexity index is 1740. The number of esters is 4. The van der Waals surface area contributed by atoms with Gasteiger partial charge >= 0.3 is 31.7 Å². The predicted molar refractivity (Wildman–Crippen MR) is 169 cm³/mol. The van der Waals surface area contributed by atoms with Crippen LogP contribution < -0.4 is 5.30 Å². The molecule has 0 saturated carbocycles. The first kappa shape index (κ1) is 32.3. The van der Waals surface area contributed by atoms with Crippen LogP contribution in [-0.4, -0.2) is 38.1 Å². The van der Waals surface area contributed by atoms with Crippen LogP contribution in [0.25, 0.3) is 0 Å². The highest BCUT2D eigenvalue weighted by molar-refractivity contribution is 7.53. The number of hydrogen-bond acceptors (Lipinski definition) is 9. The summed E-state index contributed by atoms with van der Waals surface area (Å²) in [5.41, 5.74) is -0.691. The van der Waals surface area contributed by atoms with Gasteiger partial charge in [0.05, 0.1) is 25.3 Å². The summed E-state index contributed by atoms with van der Waals surface area (Å²) in [6.45, 7) is -0.114. The number of rotatable bonds is 10. The molecular formula is C36H32O9P+. The summed E-state index contributed by atoms with van der Waals surface area (Å²) in [5, 5.41) is 0.485. The maximum absolute atomic E-state index is 14.2. The summed E-state index contributed by atoms with van der Waals surface area (Å²) in [4.78, 5) is 53.8. The molecule has 4 aromatic carbocycles. The highest BCUT2D eigenvalue weighted by Gasteiger charge is 2.58. The summed E-state index contributed by atoms with van der Waals surface area (Å²) in [6.07, 6.45) is -0.422. The lowest BCUT2D eigenvalue weighted by atomic mass is 9.70. The summed E-state index contributed by atoms with van der Waals surface area (Å²) in [5.74, 6) is -3.31. The van der Waals surface area contributed by atoms with Gasteiger partial charge in [-0.25, -0.2) is 9.59 Å². The molecule has 0 saturated heterocycles. The number of carbonyl (C=O) groups is 4. The Morgan fingerprint density at radius 2 is 1.15 bits per heavy atom. The third-order valence-electron chi connectivity index (χ3n) is 7.98. The molecule has 0 N–H and O–H groups in total. The van der Waals surface area contributed by atoms with Gasteiger partial charge in [-0.2, -0.15) is 0 Å². The maximum atomic E-state index is 14.2. The summed E-state index contributed by atoms with van der Waals surface area (Å²) < 4.78 is 35.5. The van der Waals surface area contributed by atoms with Crippen LogP contribution in [0, 0.1) is 5.41 Å². The minimum Gasteiger partial charge on any atom is -0.468 e. The van der Waals surface area contributed by atoms with E-state index in [0.29, 0.717) is 16.4 Å². The summed E-state index contributed by atoms with van der Waals surface area (Å²) in [6, 6.07) is 29.6. The van der Waals surface area contributed by atoms with Crippen LogP contribution in [-0.2, 0) is 52.7 Å². The zero-order valence-electron chi connectivity index (χ0n) is 25.3. The Morgan fingerprint density at radius 3 is 1.63 bits per heavy atom. The van der Waals surface area contributed by atoms with E-state index in [-0.39, 0.29) is 37.2 Å². The van der Waals surface area contributed by atoms with Crippen molar-refractivity contribution in [1.82, 2.24) is 0 Å². The van der Waals surface area contributed by atoms with Crippen molar-refractivity contribution in [1.29, 1.82) is 0 Å². The Labute approximate surface area is 267 Å². The van der Waals surface area contributed by atoms with E-state index in [4.69, 9.17) is 18.9 Å². The van der Waals surface area contributed by atoms with Gasteiger partial charge in [-0.15, -0.1) is 0 Å². The van der Waals surface area contributed by atoms with Gasteiger partial charge in [-0.05, 0) is 47.4 Å². The molecule has 2 atom stereocenters. The van der Waals surface area contributed by atoms with Crippen molar-refractivity contribution in [2.75, 3.05) is 14.2 Å². The lowest BCUT2D eigenvalue weighted by molar-refractivity contribution is -0.170. The van der Waals surface area contributed by atoms with Crippen LogP contribution in [0.4, 0.5) is 0 Å². The molecule has 0 heterocycles. The molecule has 2 unspecified atom stereocenters. The van der Waals surface area contributed by atoms with E-state index < -0.39 is 42.8 Å². The zero-order chi connectivity index (χ0) is 32.7. The van der Waals surface area contributed by atoms with Crippen molar-refractivity contribution in [3.05, 3.63) is 137 Å². The molecule has 5 rings (SSSR count). The van der Waals surface area contributed by atoms with Crippen LogP contribution >= 0.6 is 7.80 Å². The lowest BCUT2D eigenvalue weighted by Gasteiger charge is -2.34. The van der Waals surface area contributed by atoms with Crippen LogP contribution in [0.2, 0.25) is 0 Å². The molecule has 0 aliphatic heterocycles. The average molecular weight is 640 g/mol. The molecule has 1 aliphatic rings. The smallest absolute Gasteiger partial charge is 0.384 e. The van der Waals surface area contributed by atoms with E-state index >= 15 is 0 Å². The van der Waals surface area contributed by atoms with Gasteiger partial charge in [-0.3, -0.25) is 9.59 Å². The van der Waals surface area contributed by atoms with Crippen molar-refractivity contribution in [2.24, 2.45) is 5.41 Å². The van der Waals surface area contributed by atoms with Gasteiger partial charge in [0.15, 0.2) is 16.4 Å². The highest BCUT2D eigenvalue weighted by Crippen LogP contribution is 2.54. The molecule has 46 heavy (non-hydrogen) atoms. The van der Waals surface area contributed by atoms with E-state index in [9.17, 15) is 23.7 Å². The molecule has 0 spiro atoms. The fourth-order valence-electron chi connectivity index (χ4n) is 5.65. The molecule has 0 aromatic heterocycles. The quantitative estimate of drug-likeness (QED) is 0.0907. The lowest BCUT2D eigenvalue weighted by Crippen LogP contribution is -2.46.